The summed E-state index contributed by atoms with van der Waals surface area (Å²) in [6.45, 7) is 11.4. The van der Waals surface area contributed by atoms with Gasteiger partial charge in [-0.25, -0.2) is 0 Å². The molecule has 0 aromatic rings. The summed E-state index contributed by atoms with van der Waals surface area (Å²) in [5.41, 5.74) is 0.681. The van der Waals surface area contributed by atoms with Crippen LogP contribution < -0.4 is 0 Å². The molecule has 0 aromatic carbocycles. The first-order valence-corrected chi connectivity index (χ1v) is 5.20. The average molecular weight is 192 g/mol. The summed E-state index contributed by atoms with van der Waals surface area (Å²) in [5, 5.41) is 0. The van der Waals surface area contributed by atoms with E-state index in [-0.39, 0.29) is 11.7 Å². The second-order valence-electron chi connectivity index (χ2n) is 3.32. The zero-order chi connectivity index (χ0) is 11.0. The quantitative estimate of drug-likeness (QED) is 0.444. The van der Waals surface area contributed by atoms with E-state index < -0.39 is 0 Å². The summed E-state index contributed by atoms with van der Waals surface area (Å²) in [4.78, 5) is 11.9. The summed E-state index contributed by atoms with van der Waals surface area (Å²) in [6.07, 6.45) is 7.87. The van der Waals surface area contributed by atoms with Crippen LogP contribution in [0, 0.1) is 5.92 Å². The molecule has 0 saturated heterocycles. The number of rotatable bonds is 7. The van der Waals surface area contributed by atoms with Crippen LogP contribution in [0.2, 0.25) is 0 Å². The van der Waals surface area contributed by atoms with Crippen molar-refractivity contribution in [3.05, 3.63) is 37.0 Å². The van der Waals surface area contributed by atoms with Crippen LogP contribution in [-0.4, -0.2) is 5.78 Å². The third-order valence-corrected chi connectivity index (χ3v) is 2.30. The van der Waals surface area contributed by atoms with Crippen LogP contribution >= 0.6 is 0 Å². The molecule has 0 aliphatic heterocycles. The van der Waals surface area contributed by atoms with Gasteiger partial charge in [0.25, 0.3) is 0 Å². The highest BCUT2D eigenvalue weighted by Crippen LogP contribution is 2.17. The largest absolute Gasteiger partial charge is 0.294 e. The summed E-state index contributed by atoms with van der Waals surface area (Å²) in [7, 11) is 0. The third kappa shape index (κ3) is 3.73. The maximum atomic E-state index is 11.9. The Hall–Kier alpha value is -1.11. The first-order chi connectivity index (χ1) is 6.71. The van der Waals surface area contributed by atoms with Gasteiger partial charge in [-0.05, 0) is 12.8 Å². The summed E-state index contributed by atoms with van der Waals surface area (Å²) in [6, 6.07) is 0. The lowest BCUT2D eigenvalue weighted by Gasteiger charge is -2.12. The molecule has 0 fully saturated rings. The molecule has 0 radical (unpaired) electrons. The van der Waals surface area contributed by atoms with E-state index in [1.54, 1.807) is 18.2 Å². The van der Waals surface area contributed by atoms with E-state index in [9.17, 15) is 4.79 Å². The maximum absolute atomic E-state index is 11.9. The SMILES string of the molecule is C=CC=C(C=C)C(=O)C(CC)CCC. The number of hydrogen-bond acceptors (Lipinski definition) is 1. The Morgan fingerprint density at radius 2 is 2.00 bits per heavy atom. The Labute approximate surface area is 87.2 Å². The van der Waals surface area contributed by atoms with Gasteiger partial charge in [0.05, 0.1) is 0 Å². The van der Waals surface area contributed by atoms with Gasteiger partial charge in [0.1, 0.15) is 0 Å². The van der Waals surface area contributed by atoms with E-state index >= 15 is 0 Å². The van der Waals surface area contributed by atoms with Gasteiger partial charge in [-0.1, -0.05) is 51.7 Å². The lowest BCUT2D eigenvalue weighted by atomic mass is 9.91. The zero-order valence-electron chi connectivity index (χ0n) is 9.25. The summed E-state index contributed by atoms with van der Waals surface area (Å²) in [5.74, 6) is 0.341. The van der Waals surface area contributed by atoms with Gasteiger partial charge >= 0.3 is 0 Å². The predicted molar refractivity (Wildman–Crippen MR) is 62.2 cm³/mol. The Morgan fingerprint density at radius 1 is 1.36 bits per heavy atom. The van der Waals surface area contributed by atoms with E-state index in [1.807, 2.05) is 6.92 Å². The van der Waals surface area contributed by atoms with Crippen molar-refractivity contribution in [2.45, 2.75) is 33.1 Å². The molecule has 0 rings (SSSR count). The Kier molecular flexibility index (Phi) is 6.73. The molecule has 0 aliphatic rings. The molecule has 1 nitrogen and oxygen atoms in total. The first-order valence-electron chi connectivity index (χ1n) is 5.20. The van der Waals surface area contributed by atoms with Crippen molar-refractivity contribution in [1.82, 2.24) is 0 Å². The average Bonchev–Trinajstić information content (AvgIpc) is 2.21. The van der Waals surface area contributed by atoms with Gasteiger partial charge < -0.3 is 0 Å². The van der Waals surface area contributed by atoms with Crippen molar-refractivity contribution in [2.75, 3.05) is 0 Å². The van der Waals surface area contributed by atoms with Crippen LogP contribution in [0.15, 0.2) is 37.0 Å². The van der Waals surface area contributed by atoms with Crippen LogP contribution in [0.3, 0.4) is 0 Å². The van der Waals surface area contributed by atoms with Gasteiger partial charge in [0, 0.05) is 11.5 Å². The fourth-order valence-electron chi connectivity index (χ4n) is 1.48. The minimum absolute atomic E-state index is 0.143. The maximum Gasteiger partial charge on any atom is 0.165 e. The van der Waals surface area contributed by atoms with Crippen LogP contribution in [-0.2, 0) is 4.79 Å². The van der Waals surface area contributed by atoms with Crippen molar-refractivity contribution in [1.29, 1.82) is 0 Å². The van der Waals surface area contributed by atoms with Crippen molar-refractivity contribution in [3.63, 3.8) is 0 Å². The topological polar surface area (TPSA) is 17.1 Å². The molecule has 0 amide bonds. The molecule has 0 saturated carbocycles. The van der Waals surface area contributed by atoms with Crippen molar-refractivity contribution in [3.8, 4) is 0 Å². The van der Waals surface area contributed by atoms with Crippen molar-refractivity contribution < 1.29 is 4.79 Å². The molecular formula is C13H20O. The molecule has 0 aliphatic carbocycles. The second-order valence-corrected chi connectivity index (χ2v) is 3.32. The molecule has 0 aromatic heterocycles. The lowest BCUT2D eigenvalue weighted by Crippen LogP contribution is -2.14. The molecule has 1 heteroatoms. The predicted octanol–water partition coefficient (Wildman–Crippen LogP) is 3.68. The molecule has 14 heavy (non-hydrogen) atoms. The van der Waals surface area contributed by atoms with E-state index in [1.165, 1.54) is 0 Å². The molecule has 78 valence electrons. The van der Waals surface area contributed by atoms with Gasteiger partial charge in [0.15, 0.2) is 5.78 Å². The zero-order valence-corrected chi connectivity index (χ0v) is 9.25. The number of Topliss-reactive ketones (excluding diaryl/α,β-unsaturated/α-hetero) is 1. The monoisotopic (exact) mass is 192 g/mol. The van der Waals surface area contributed by atoms with Crippen molar-refractivity contribution >= 4 is 5.78 Å². The Balaban J connectivity index is 4.61. The van der Waals surface area contributed by atoms with Crippen LogP contribution in [0.5, 0.6) is 0 Å². The standard InChI is InChI=1S/C13H20O/c1-5-9-11(7-3)13(14)12(8-4)10-6-2/h5,7,9,12H,1,3,6,8,10H2,2,4H3. The molecule has 0 bridgehead atoms. The minimum Gasteiger partial charge on any atom is -0.294 e. The third-order valence-electron chi connectivity index (χ3n) is 2.30. The number of allylic oxidation sites excluding steroid dienone is 4. The van der Waals surface area contributed by atoms with E-state index in [0.717, 1.165) is 19.3 Å². The number of ketones is 1. The molecule has 1 atom stereocenters. The number of hydrogen-bond donors (Lipinski definition) is 0. The van der Waals surface area contributed by atoms with Gasteiger partial charge in [-0.3, -0.25) is 4.79 Å². The molecule has 0 spiro atoms. The van der Waals surface area contributed by atoms with Gasteiger partial charge in [0.2, 0.25) is 0 Å². The summed E-state index contributed by atoms with van der Waals surface area (Å²) < 4.78 is 0. The van der Waals surface area contributed by atoms with E-state index in [4.69, 9.17) is 0 Å². The van der Waals surface area contributed by atoms with Crippen LogP contribution in [0.25, 0.3) is 0 Å². The van der Waals surface area contributed by atoms with E-state index in [0.29, 0.717) is 5.57 Å². The lowest BCUT2D eigenvalue weighted by molar-refractivity contribution is -0.119. The number of carbonyl (C=O) groups excluding carboxylic acids is 1. The second kappa shape index (κ2) is 7.31. The highest BCUT2D eigenvalue weighted by Gasteiger charge is 2.16. The fraction of sp³-hybridized carbons (Fsp3) is 0.462. The fourth-order valence-corrected chi connectivity index (χ4v) is 1.48. The highest BCUT2D eigenvalue weighted by atomic mass is 16.1. The van der Waals surface area contributed by atoms with Crippen LogP contribution in [0.1, 0.15) is 33.1 Å². The van der Waals surface area contributed by atoms with Crippen LogP contribution in [0.4, 0.5) is 0 Å². The minimum atomic E-state index is 0.143. The molecule has 1 unspecified atom stereocenters. The molecule has 0 heterocycles. The highest BCUT2D eigenvalue weighted by molar-refractivity contribution is 5.99. The molecule has 0 N–H and O–H groups in total. The van der Waals surface area contributed by atoms with Crippen molar-refractivity contribution in [2.24, 2.45) is 5.92 Å². The smallest absolute Gasteiger partial charge is 0.165 e. The number of carbonyl (C=O) groups is 1. The van der Waals surface area contributed by atoms with Gasteiger partial charge in [-0.2, -0.15) is 0 Å². The Morgan fingerprint density at radius 3 is 2.36 bits per heavy atom. The van der Waals surface area contributed by atoms with E-state index in [2.05, 4.69) is 20.1 Å². The first kappa shape index (κ1) is 12.9. The van der Waals surface area contributed by atoms with Gasteiger partial charge in [-0.15, -0.1) is 0 Å². The normalized spacial score (nSPS) is 13.4. The summed E-state index contributed by atoms with van der Waals surface area (Å²) >= 11 is 0. The molecular weight excluding hydrogens is 172 g/mol. The Bertz CT molecular complexity index is 236.